The van der Waals surface area contributed by atoms with E-state index in [1.165, 1.54) is 7.05 Å². The molecule has 6 heteroatoms. The Morgan fingerprint density at radius 3 is 2.41 bits per heavy atom. The van der Waals surface area contributed by atoms with Crippen LogP contribution in [0.2, 0.25) is 0 Å². The third-order valence-electron chi connectivity index (χ3n) is 3.54. The molecule has 0 fully saturated rings. The van der Waals surface area contributed by atoms with Gasteiger partial charge in [-0.05, 0) is 18.4 Å². The molecule has 1 aliphatic heterocycles. The van der Waals surface area contributed by atoms with E-state index in [1.54, 1.807) is 20.8 Å². The molecular weight excluding hydrogens is 282 g/mol. The molecule has 120 valence electrons. The molecule has 0 radical (unpaired) electrons. The molecule has 1 heterocycles. The lowest BCUT2D eigenvalue weighted by molar-refractivity contribution is -0.173. The maximum absolute atomic E-state index is 12.4. The lowest BCUT2D eigenvalue weighted by Gasteiger charge is -2.36. The Bertz CT molecular complexity index is 564. The number of nitrogens with zero attached hydrogens (tertiary/aromatic N) is 3. The molecule has 22 heavy (non-hydrogen) atoms. The number of amides is 3. The number of imide groups is 1. The van der Waals surface area contributed by atoms with Gasteiger partial charge in [-0.2, -0.15) is 10.3 Å². The minimum Gasteiger partial charge on any atom is -0.272 e. The number of carbonyl (C=O) groups excluding carboxylic acids is 3. The van der Waals surface area contributed by atoms with Crippen LogP contribution in [0.4, 0.5) is 0 Å². The first-order chi connectivity index (χ1) is 10.1. The molecule has 0 spiro atoms. The number of rotatable bonds is 4. The number of hydrogen-bond donors (Lipinski definition) is 0. The van der Waals surface area contributed by atoms with Gasteiger partial charge in [-0.1, -0.05) is 34.1 Å². The SMILES string of the molecule is CCCCC1=C(C#N)C(=O)N(N(C)C(=O)C(C)(C)C)C(=O)C1. The molecule has 0 aromatic heterocycles. The summed E-state index contributed by atoms with van der Waals surface area (Å²) < 4.78 is 0. The summed E-state index contributed by atoms with van der Waals surface area (Å²) in [4.78, 5) is 37.0. The largest absolute Gasteiger partial charge is 0.290 e. The van der Waals surface area contributed by atoms with Gasteiger partial charge >= 0.3 is 0 Å². The predicted molar refractivity (Wildman–Crippen MR) is 80.9 cm³/mol. The van der Waals surface area contributed by atoms with Gasteiger partial charge in [-0.15, -0.1) is 0 Å². The fourth-order valence-corrected chi connectivity index (χ4v) is 2.33. The van der Waals surface area contributed by atoms with E-state index in [4.69, 9.17) is 0 Å². The van der Waals surface area contributed by atoms with E-state index in [2.05, 4.69) is 0 Å². The molecule has 3 amide bonds. The summed E-state index contributed by atoms with van der Waals surface area (Å²) in [5, 5.41) is 11.1. The second-order valence-corrected chi connectivity index (χ2v) is 6.46. The monoisotopic (exact) mass is 305 g/mol. The Labute approximate surface area is 131 Å². The Hall–Kier alpha value is -2.16. The molecule has 0 aliphatic carbocycles. The van der Waals surface area contributed by atoms with Gasteiger partial charge in [0.15, 0.2) is 0 Å². The van der Waals surface area contributed by atoms with Crippen molar-refractivity contribution in [3.8, 4) is 6.07 Å². The number of carbonyl (C=O) groups is 3. The Balaban J connectivity index is 3.14. The van der Waals surface area contributed by atoms with E-state index >= 15 is 0 Å². The average Bonchev–Trinajstić information content (AvgIpc) is 2.42. The van der Waals surface area contributed by atoms with E-state index in [9.17, 15) is 19.6 Å². The zero-order valence-electron chi connectivity index (χ0n) is 13.9. The quantitative estimate of drug-likeness (QED) is 0.745. The first kappa shape index (κ1) is 17.9. The summed E-state index contributed by atoms with van der Waals surface area (Å²) >= 11 is 0. The highest BCUT2D eigenvalue weighted by Gasteiger charge is 2.39. The lowest BCUT2D eigenvalue weighted by Crippen LogP contribution is -2.55. The maximum Gasteiger partial charge on any atom is 0.290 e. The fraction of sp³-hybridized carbons (Fsp3) is 0.625. The zero-order chi connectivity index (χ0) is 17.1. The van der Waals surface area contributed by atoms with Gasteiger partial charge in [-0.25, -0.2) is 5.01 Å². The maximum atomic E-state index is 12.4. The standard InChI is InChI=1S/C16H23N3O3/c1-6-7-8-11-9-13(20)19(14(21)12(11)10-17)18(5)15(22)16(2,3)4/h6-9H2,1-5H3. The lowest BCUT2D eigenvalue weighted by atomic mass is 9.94. The second-order valence-electron chi connectivity index (χ2n) is 6.46. The normalized spacial score (nSPS) is 15.9. The Kier molecular flexibility index (Phi) is 5.48. The summed E-state index contributed by atoms with van der Waals surface area (Å²) in [6.07, 6.45) is 2.30. The first-order valence-corrected chi connectivity index (χ1v) is 7.42. The third kappa shape index (κ3) is 3.53. The molecule has 0 N–H and O–H groups in total. The van der Waals surface area contributed by atoms with Crippen LogP contribution in [0.1, 0.15) is 53.4 Å². The summed E-state index contributed by atoms with van der Waals surface area (Å²) in [6, 6.07) is 1.89. The van der Waals surface area contributed by atoms with Gasteiger partial charge in [-0.3, -0.25) is 14.4 Å². The summed E-state index contributed by atoms with van der Waals surface area (Å²) in [7, 11) is 1.38. The summed E-state index contributed by atoms with van der Waals surface area (Å²) in [6.45, 7) is 7.12. The highest BCUT2D eigenvalue weighted by molar-refractivity contribution is 6.11. The molecule has 1 aliphatic rings. The van der Waals surface area contributed by atoms with Crippen LogP contribution < -0.4 is 0 Å². The van der Waals surface area contributed by atoms with Crippen LogP contribution in [0.25, 0.3) is 0 Å². The van der Waals surface area contributed by atoms with Crippen LogP contribution in [0.5, 0.6) is 0 Å². The summed E-state index contributed by atoms with van der Waals surface area (Å²) in [5.74, 6) is -1.52. The van der Waals surface area contributed by atoms with Crippen molar-refractivity contribution in [2.45, 2.75) is 53.4 Å². The molecule has 6 nitrogen and oxygen atoms in total. The number of hydrogen-bond acceptors (Lipinski definition) is 4. The molecule has 0 aromatic carbocycles. The van der Waals surface area contributed by atoms with Gasteiger partial charge < -0.3 is 0 Å². The minimum absolute atomic E-state index is 0.0103. The van der Waals surface area contributed by atoms with Crippen LogP contribution in [0.3, 0.4) is 0 Å². The van der Waals surface area contributed by atoms with E-state index < -0.39 is 17.2 Å². The minimum atomic E-state index is -0.728. The highest BCUT2D eigenvalue weighted by atomic mass is 16.2. The van der Waals surface area contributed by atoms with Crippen molar-refractivity contribution < 1.29 is 14.4 Å². The Morgan fingerprint density at radius 2 is 1.95 bits per heavy atom. The van der Waals surface area contributed by atoms with Crippen molar-refractivity contribution in [2.24, 2.45) is 5.41 Å². The number of unbranched alkanes of at least 4 members (excludes halogenated alkanes) is 1. The molecule has 0 saturated heterocycles. The molecule has 0 unspecified atom stereocenters. The third-order valence-corrected chi connectivity index (χ3v) is 3.54. The molecule has 0 bridgehead atoms. The van der Waals surface area contributed by atoms with Crippen LogP contribution in [0, 0.1) is 16.7 Å². The van der Waals surface area contributed by atoms with Crippen LogP contribution in [0.15, 0.2) is 11.1 Å². The topological polar surface area (TPSA) is 81.5 Å². The van der Waals surface area contributed by atoms with Crippen molar-refractivity contribution in [2.75, 3.05) is 7.05 Å². The smallest absolute Gasteiger partial charge is 0.272 e. The van der Waals surface area contributed by atoms with Crippen molar-refractivity contribution >= 4 is 17.7 Å². The zero-order valence-corrected chi connectivity index (χ0v) is 13.9. The van der Waals surface area contributed by atoms with Gasteiger partial charge in [0.1, 0.15) is 11.6 Å². The second kappa shape index (κ2) is 6.73. The van der Waals surface area contributed by atoms with Crippen molar-refractivity contribution in [1.82, 2.24) is 10.0 Å². The van der Waals surface area contributed by atoms with E-state index in [1.807, 2.05) is 13.0 Å². The molecule has 1 rings (SSSR count). The summed E-state index contributed by atoms with van der Waals surface area (Å²) in [5.41, 5.74) is -0.164. The van der Waals surface area contributed by atoms with Crippen LogP contribution >= 0.6 is 0 Å². The van der Waals surface area contributed by atoms with Gasteiger partial charge in [0.2, 0.25) is 5.91 Å². The van der Waals surface area contributed by atoms with E-state index in [0.29, 0.717) is 12.0 Å². The number of nitriles is 1. The van der Waals surface area contributed by atoms with E-state index in [0.717, 1.165) is 22.9 Å². The Morgan fingerprint density at radius 1 is 1.36 bits per heavy atom. The van der Waals surface area contributed by atoms with Crippen LogP contribution in [-0.4, -0.2) is 34.8 Å². The average molecular weight is 305 g/mol. The van der Waals surface area contributed by atoms with Gasteiger partial charge in [0.25, 0.3) is 11.8 Å². The van der Waals surface area contributed by atoms with Crippen molar-refractivity contribution in [3.63, 3.8) is 0 Å². The van der Waals surface area contributed by atoms with Gasteiger partial charge in [0, 0.05) is 12.5 Å². The molecule has 0 saturated carbocycles. The number of hydrazine groups is 1. The van der Waals surface area contributed by atoms with E-state index in [-0.39, 0.29) is 17.9 Å². The predicted octanol–water partition coefficient (Wildman–Crippen LogP) is 2.18. The fourth-order valence-electron chi connectivity index (χ4n) is 2.33. The van der Waals surface area contributed by atoms with Crippen LogP contribution in [-0.2, 0) is 14.4 Å². The molecule has 0 atom stereocenters. The highest BCUT2D eigenvalue weighted by Crippen LogP contribution is 2.27. The first-order valence-electron chi connectivity index (χ1n) is 7.42. The molecular formula is C16H23N3O3. The molecule has 0 aromatic rings. The van der Waals surface area contributed by atoms with Gasteiger partial charge in [0.05, 0.1) is 6.42 Å². The van der Waals surface area contributed by atoms with Crippen molar-refractivity contribution in [3.05, 3.63) is 11.1 Å². The van der Waals surface area contributed by atoms with Crippen molar-refractivity contribution in [1.29, 1.82) is 5.26 Å².